The molecule has 0 aliphatic heterocycles. The van der Waals surface area contributed by atoms with Crippen LogP contribution >= 0.6 is 11.8 Å². The van der Waals surface area contributed by atoms with E-state index < -0.39 is 5.54 Å². The lowest BCUT2D eigenvalue weighted by molar-refractivity contribution is -0.122. The van der Waals surface area contributed by atoms with E-state index in [1.54, 1.807) is 18.0 Å². The molecule has 3 rings (SSSR count). The van der Waals surface area contributed by atoms with Crippen LogP contribution in [0, 0.1) is 0 Å². The maximum atomic E-state index is 11.4. The average molecular weight is 441 g/mol. The first-order valence-corrected chi connectivity index (χ1v) is 11.1. The third kappa shape index (κ3) is 6.19. The van der Waals surface area contributed by atoms with Gasteiger partial charge in [0.2, 0.25) is 5.91 Å². The Bertz CT molecular complexity index is 980. The fourth-order valence-electron chi connectivity index (χ4n) is 3.27. The quantitative estimate of drug-likeness (QED) is 0.443. The SMILES string of the molecule is CCc1nc(-c2ccc(Sc3ccc(CCC(CO)(CO)NC(C)=O)cc3)cc2)co1. The molecule has 7 heteroatoms. The van der Waals surface area contributed by atoms with Crippen LogP contribution in [0.5, 0.6) is 0 Å². The molecule has 0 atom stereocenters. The Morgan fingerprint density at radius 2 is 1.68 bits per heavy atom. The normalized spacial score (nSPS) is 11.5. The van der Waals surface area contributed by atoms with Crippen molar-refractivity contribution in [2.75, 3.05) is 13.2 Å². The fourth-order valence-corrected chi connectivity index (χ4v) is 4.08. The smallest absolute Gasteiger partial charge is 0.217 e. The minimum atomic E-state index is -0.997. The van der Waals surface area contributed by atoms with Crippen molar-refractivity contribution in [3.8, 4) is 11.3 Å². The van der Waals surface area contributed by atoms with Crippen molar-refractivity contribution in [1.29, 1.82) is 0 Å². The molecule has 164 valence electrons. The maximum absolute atomic E-state index is 11.4. The summed E-state index contributed by atoms with van der Waals surface area (Å²) >= 11 is 1.67. The number of aliphatic hydroxyl groups excluding tert-OH is 2. The summed E-state index contributed by atoms with van der Waals surface area (Å²) in [5, 5.41) is 21.9. The highest BCUT2D eigenvalue weighted by Gasteiger charge is 2.29. The number of hydrogen-bond acceptors (Lipinski definition) is 6. The van der Waals surface area contributed by atoms with Gasteiger partial charge in [-0.1, -0.05) is 43.0 Å². The molecule has 3 aromatic rings. The third-order valence-electron chi connectivity index (χ3n) is 5.10. The molecule has 31 heavy (non-hydrogen) atoms. The number of carbonyl (C=O) groups is 1. The standard InChI is InChI=1S/C24H28N2O4S/c1-3-23-25-22(14-30-23)19-6-10-21(11-7-19)31-20-8-4-18(5-9-20)12-13-24(15-27,16-28)26-17(2)29/h4-11,14,27-28H,3,12-13,15-16H2,1-2H3,(H,26,29). The van der Waals surface area contributed by atoms with Crippen LogP contribution in [0.25, 0.3) is 11.3 Å². The molecule has 0 saturated carbocycles. The number of aromatic nitrogens is 1. The molecular formula is C24H28N2O4S. The van der Waals surface area contributed by atoms with Crippen molar-refractivity contribution in [3.63, 3.8) is 0 Å². The molecule has 1 aromatic heterocycles. The molecule has 0 radical (unpaired) electrons. The van der Waals surface area contributed by atoms with Crippen LogP contribution in [-0.2, 0) is 17.6 Å². The van der Waals surface area contributed by atoms with E-state index in [4.69, 9.17) is 4.42 Å². The molecule has 6 nitrogen and oxygen atoms in total. The number of aliphatic hydroxyl groups is 2. The largest absolute Gasteiger partial charge is 0.448 e. The summed E-state index contributed by atoms with van der Waals surface area (Å²) in [6, 6.07) is 16.4. The van der Waals surface area contributed by atoms with Gasteiger partial charge in [-0.3, -0.25) is 4.79 Å². The number of oxazole rings is 1. The van der Waals surface area contributed by atoms with Gasteiger partial charge in [-0.15, -0.1) is 0 Å². The molecule has 0 aliphatic carbocycles. The first-order chi connectivity index (χ1) is 15.0. The predicted molar refractivity (Wildman–Crippen MR) is 121 cm³/mol. The highest BCUT2D eigenvalue weighted by Crippen LogP contribution is 2.30. The van der Waals surface area contributed by atoms with Crippen LogP contribution in [0.3, 0.4) is 0 Å². The van der Waals surface area contributed by atoms with Gasteiger partial charge in [0, 0.05) is 28.7 Å². The van der Waals surface area contributed by atoms with E-state index in [1.807, 2.05) is 31.2 Å². The second-order valence-corrected chi connectivity index (χ2v) is 8.68. The molecule has 0 fully saturated rings. The van der Waals surface area contributed by atoms with Crippen molar-refractivity contribution < 1.29 is 19.4 Å². The van der Waals surface area contributed by atoms with Crippen molar-refractivity contribution in [2.24, 2.45) is 0 Å². The van der Waals surface area contributed by atoms with Gasteiger partial charge in [-0.25, -0.2) is 4.98 Å². The van der Waals surface area contributed by atoms with E-state index in [0.29, 0.717) is 12.8 Å². The Morgan fingerprint density at radius 3 is 2.19 bits per heavy atom. The maximum Gasteiger partial charge on any atom is 0.217 e. The predicted octanol–water partition coefficient (Wildman–Crippen LogP) is 3.85. The Kier molecular flexibility index (Phi) is 7.90. The highest BCUT2D eigenvalue weighted by atomic mass is 32.2. The topological polar surface area (TPSA) is 95.6 Å². The minimum absolute atomic E-state index is 0.268. The zero-order chi connectivity index (χ0) is 22.3. The Hall–Kier alpha value is -2.61. The van der Waals surface area contributed by atoms with Crippen molar-refractivity contribution >= 4 is 17.7 Å². The number of hydrogen-bond donors (Lipinski definition) is 3. The summed E-state index contributed by atoms with van der Waals surface area (Å²) in [5.74, 6) is 0.469. The molecular weight excluding hydrogens is 412 g/mol. The first-order valence-electron chi connectivity index (χ1n) is 10.3. The van der Waals surface area contributed by atoms with E-state index in [1.165, 1.54) is 6.92 Å². The molecule has 0 aliphatic rings. The third-order valence-corrected chi connectivity index (χ3v) is 6.12. The summed E-state index contributed by atoms with van der Waals surface area (Å²) in [6.45, 7) is 2.79. The van der Waals surface area contributed by atoms with E-state index >= 15 is 0 Å². The van der Waals surface area contributed by atoms with Crippen LogP contribution in [0.2, 0.25) is 0 Å². The lowest BCUT2D eigenvalue weighted by Crippen LogP contribution is -2.53. The van der Waals surface area contributed by atoms with Crippen LogP contribution in [-0.4, -0.2) is 39.9 Å². The van der Waals surface area contributed by atoms with Crippen LogP contribution < -0.4 is 5.32 Å². The van der Waals surface area contributed by atoms with E-state index in [-0.39, 0.29) is 19.1 Å². The van der Waals surface area contributed by atoms with Crippen molar-refractivity contribution in [3.05, 3.63) is 66.2 Å². The van der Waals surface area contributed by atoms with Gasteiger partial charge in [-0.05, 0) is 42.7 Å². The monoisotopic (exact) mass is 440 g/mol. The number of benzene rings is 2. The number of aryl methyl sites for hydroxylation is 2. The summed E-state index contributed by atoms with van der Waals surface area (Å²) < 4.78 is 5.41. The summed E-state index contributed by atoms with van der Waals surface area (Å²) in [6.07, 6.45) is 3.56. The molecule has 0 saturated heterocycles. The molecule has 0 unspecified atom stereocenters. The number of nitrogens with zero attached hydrogens (tertiary/aromatic N) is 1. The molecule has 1 heterocycles. The van der Waals surface area contributed by atoms with Crippen molar-refractivity contribution in [2.45, 2.75) is 48.4 Å². The number of carbonyl (C=O) groups excluding carboxylic acids is 1. The minimum Gasteiger partial charge on any atom is -0.448 e. The first kappa shape index (κ1) is 23.1. The molecule has 3 N–H and O–H groups in total. The fraction of sp³-hybridized carbons (Fsp3) is 0.333. The van der Waals surface area contributed by atoms with Gasteiger partial charge in [-0.2, -0.15) is 0 Å². The second kappa shape index (κ2) is 10.6. The lowest BCUT2D eigenvalue weighted by atomic mass is 9.92. The summed E-state index contributed by atoms with van der Waals surface area (Å²) in [4.78, 5) is 18.1. The van der Waals surface area contributed by atoms with Gasteiger partial charge in [0.05, 0.1) is 18.8 Å². The second-order valence-electron chi connectivity index (χ2n) is 7.53. The molecule has 0 bridgehead atoms. The van der Waals surface area contributed by atoms with Gasteiger partial charge in [0.25, 0.3) is 0 Å². The highest BCUT2D eigenvalue weighted by molar-refractivity contribution is 7.99. The van der Waals surface area contributed by atoms with Gasteiger partial charge in [0.15, 0.2) is 5.89 Å². The zero-order valence-corrected chi connectivity index (χ0v) is 18.6. The average Bonchev–Trinajstić information content (AvgIpc) is 3.27. The van der Waals surface area contributed by atoms with Gasteiger partial charge >= 0.3 is 0 Å². The summed E-state index contributed by atoms with van der Waals surface area (Å²) in [7, 11) is 0. The van der Waals surface area contributed by atoms with Gasteiger partial charge < -0.3 is 19.9 Å². The molecule has 2 aromatic carbocycles. The Labute approximate surface area is 186 Å². The number of nitrogens with one attached hydrogen (secondary N) is 1. The molecule has 0 spiro atoms. The van der Waals surface area contributed by atoms with E-state index in [0.717, 1.165) is 38.9 Å². The van der Waals surface area contributed by atoms with E-state index in [9.17, 15) is 15.0 Å². The molecule has 1 amide bonds. The van der Waals surface area contributed by atoms with Crippen molar-refractivity contribution in [1.82, 2.24) is 10.3 Å². The Morgan fingerprint density at radius 1 is 1.06 bits per heavy atom. The number of amides is 1. The van der Waals surface area contributed by atoms with E-state index in [2.05, 4.69) is 34.6 Å². The lowest BCUT2D eigenvalue weighted by Gasteiger charge is -2.30. The number of rotatable bonds is 10. The summed E-state index contributed by atoms with van der Waals surface area (Å²) in [5.41, 5.74) is 1.95. The Balaban J connectivity index is 1.59. The van der Waals surface area contributed by atoms with Crippen LogP contribution in [0.4, 0.5) is 0 Å². The zero-order valence-electron chi connectivity index (χ0n) is 17.8. The van der Waals surface area contributed by atoms with Crippen LogP contribution in [0.1, 0.15) is 31.7 Å². The van der Waals surface area contributed by atoms with Gasteiger partial charge in [0.1, 0.15) is 12.0 Å². The van der Waals surface area contributed by atoms with Crippen LogP contribution in [0.15, 0.2) is 69.0 Å².